The highest BCUT2D eigenvalue weighted by molar-refractivity contribution is 5.95. The summed E-state index contributed by atoms with van der Waals surface area (Å²) in [5.41, 5.74) is 3.01. The number of benzene rings is 1. The van der Waals surface area contributed by atoms with E-state index in [1.807, 2.05) is 32.2 Å². The lowest BCUT2D eigenvalue weighted by Gasteiger charge is -2.25. The Balaban J connectivity index is 2.19. The Bertz CT molecular complexity index is 464. The van der Waals surface area contributed by atoms with E-state index in [9.17, 15) is 4.79 Å². The molecule has 2 rings (SSSR count). The van der Waals surface area contributed by atoms with E-state index < -0.39 is 0 Å². The number of rotatable bonds is 5. The summed E-state index contributed by atoms with van der Waals surface area (Å²) in [6.07, 6.45) is 2.32. The second-order valence-electron chi connectivity index (χ2n) is 5.86. The minimum atomic E-state index is 0.182. The van der Waals surface area contributed by atoms with E-state index in [1.165, 1.54) is 0 Å². The van der Waals surface area contributed by atoms with Gasteiger partial charge in [-0.15, -0.1) is 0 Å². The summed E-state index contributed by atoms with van der Waals surface area (Å²) in [4.78, 5) is 14.7. The molecule has 0 unspecified atom stereocenters. The number of aryl methyl sites for hydroxylation is 1. The van der Waals surface area contributed by atoms with Crippen LogP contribution >= 0.6 is 0 Å². The fourth-order valence-corrected chi connectivity index (χ4v) is 2.42. The van der Waals surface area contributed by atoms with Gasteiger partial charge in [-0.3, -0.25) is 4.79 Å². The van der Waals surface area contributed by atoms with Gasteiger partial charge in [0.05, 0.1) is 0 Å². The molecule has 1 aromatic carbocycles. The topological polar surface area (TPSA) is 32.3 Å². The standard InChI is InChI=1S/C16H24N2O/c1-11(2)10-18(14-6-7-14)16(19)13-5-8-15(17-4)12(3)9-13/h5,8-9,11,14,17H,6-7,10H2,1-4H3. The van der Waals surface area contributed by atoms with Gasteiger partial charge >= 0.3 is 0 Å². The van der Waals surface area contributed by atoms with E-state index in [1.54, 1.807) is 0 Å². The second kappa shape index (κ2) is 5.64. The van der Waals surface area contributed by atoms with Crippen LogP contribution in [0.2, 0.25) is 0 Å². The molecule has 1 N–H and O–H groups in total. The van der Waals surface area contributed by atoms with Crippen molar-refractivity contribution >= 4 is 11.6 Å². The van der Waals surface area contributed by atoms with Gasteiger partial charge in [0.25, 0.3) is 5.91 Å². The maximum Gasteiger partial charge on any atom is 0.254 e. The smallest absolute Gasteiger partial charge is 0.254 e. The molecule has 19 heavy (non-hydrogen) atoms. The van der Waals surface area contributed by atoms with Gasteiger partial charge in [0.1, 0.15) is 0 Å². The Kier molecular flexibility index (Phi) is 4.13. The Labute approximate surface area is 116 Å². The summed E-state index contributed by atoms with van der Waals surface area (Å²) in [6.45, 7) is 7.22. The van der Waals surface area contributed by atoms with E-state index in [4.69, 9.17) is 0 Å². The van der Waals surface area contributed by atoms with E-state index >= 15 is 0 Å². The van der Waals surface area contributed by atoms with Gasteiger partial charge in [0.2, 0.25) is 0 Å². The Morgan fingerprint density at radius 3 is 2.58 bits per heavy atom. The highest BCUT2D eigenvalue weighted by Gasteiger charge is 2.33. The highest BCUT2D eigenvalue weighted by Crippen LogP contribution is 2.29. The maximum absolute atomic E-state index is 12.6. The van der Waals surface area contributed by atoms with Crippen LogP contribution in [0.3, 0.4) is 0 Å². The number of hydrogen-bond donors (Lipinski definition) is 1. The third kappa shape index (κ3) is 3.28. The average Bonchev–Trinajstić information content (AvgIpc) is 3.19. The van der Waals surface area contributed by atoms with Gasteiger partial charge in [-0.2, -0.15) is 0 Å². The number of anilines is 1. The van der Waals surface area contributed by atoms with Crippen LogP contribution in [0.4, 0.5) is 5.69 Å². The Hall–Kier alpha value is -1.51. The van der Waals surface area contributed by atoms with Gasteiger partial charge < -0.3 is 10.2 Å². The molecule has 0 radical (unpaired) electrons. The molecule has 1 aliphatic carbocycles. The van der Waals surface area contributed by atoms with Crippen LogP contribution in [-0.2, 0) is 0 Å². The number of nitrogens with one attached hydrogen (secondary N) is 1. The summed E-state index contributed by atoms with van der Waals surface area (Å²) in [6, 6.07) is 6.38. The lowest BCUT2D eigenvalue weighted by atomic mass is 10.1. The molecule has 1 saturated carbocycles. The van der Waals surface area contributed by atoms with Crippen molar-refractivity contribution in [2.45, 2.75) is 39.7 Å². The van der Waals surface area contributed by atoms with E-state index in [2.05, 4.69) is 24.1 Å². The first-order chi connectivity index (χ1) is 9.02. The molecule has 0 saturated heterocycles. The fourth-order valence-electron chi connectivity index (χ4n) is 2.42. The number of hydrogen-bond acceptors (Lipinski definition) is 2. The molecule has 1 amide bonds. The zero-order chi connectivity index (χ0) is 14.0. The van der Waals surface area contributed by atoms with Crippen LogP contribution in [0, 0.1) is 12.8 Å². The molecule has 1 aromatic rings. The van der Waals surface area contributed by atoms with Crippen molar-refractivity contribution in [2.75, 3.05) is 18.9 Å². The zero-order valence-electron chi connectivity index (χ0n) is 12.4. The molecule has 0 aliphatic heterocycles. The second-order valence-corrected chi connectivity index (χ2v) is 5.86. The van der Waals surface area contributed by atoms with Gasteiger partial charge in [-0.25, -0.2) is 0 Å². The van der Waals surface area contributed by atoms with Crippen LogP contribution < -0.4 is 5.32 Å². The van der Waals surface area contributed by atoms with Gasteiger partial charge in [0.15, 0.2) is 0 Å². The molecule has 1 aliphatic rings. The number of nitrogens with zero attached hydrogens (tertiary/aromatic N) is 1. The van der Waals surface area contributed by atoms with Crippen LogP contribution in [0.25, 0.3) is 0 Å². The third-order valence-corrected chi connectivity index (χ3v) is 3.55. The first kappa shape index (κ1) is 13.9. The lowest BCUT2D eigenvalue weighted by Crippen LogP contribution is -2.36. The largest absolute Gasteiger partial charge is 0.388 e. The summed E-state index contributed by atoms with van der Waals surface area (Å²) in [5, 5.41) is 3.13. The van der Waals surface area contributed by atoms with Crippen LogP contribution in [0.5, 0.6) is 0 Å². The van der Waals surface area contributed by atoms with E-state index in [0.29, 0.717) is 12.0 Å². The predicted octanol–water partition coefficient (Wildman–Crippen LogP) is 3.30. The van der Waals surface area contributed by atoms with Gasteiger partial charge in [-0.05, 0) is 49.4 Å². The fraction of sp³-hybridized carbons (Fsp3) is 0.562. The molecular formula is C16H24N2O. The number of carbonyl (C=O) groups is 1. The zero-order valence-corrected chi connectivity index (χ0v) is 12.4. The van der Waals surface area contributed by atoms with Gasteiger partial charge in [0, 0.05) is 30.9 Å². The average molecular weight is 260 g/mol. The molecule has 3 heteroatoms. The summed E-state index contributed by atoms with van der Waals surface area (Å²) < 4.78 is 0. The van der Waals surface area contributed by atoms with E-state index in [-0.39, 0.29) is 5.91 Å². The van der Waals surface area contributed by atoms with E-state index in [0.717, 1.165) is 36.2 Å². The molecule has 0 atom stereocenters. The monoisotopic (exact) mass is 260 g/mol. The lowest BCUT2D eigenvalue weighted by molar-refractivity contribution is 0.0722. The Morgan fingerprint density at radius 2 is 2.11 bits per heavy atom. The van der Waals surface area contributed by atoms with Crippen molar-refractivity contribution in [1.29, 1.82) is 0 Å². The molecule has 0 spiro atoms. The van der Waals surface area contributed by atoms with Crippen molar-refractivity contribution in [3.05, 3.63) is 29.3 Å². The maximum atomic E-state index is 12.6. The van der Waals surface area contributed by atoms with Crippen LogP contribution in [0.1, 0.15) is 42.6 Å². The minimum Gasteiger partial charge on any atom is -0.388 e. The molecule has 1 fully saturated rings. The highest BCUT2D eigenvalue weighted by atomic mass is 16.2. The van der Waals surface area contributed by atoms with Crippen LogP contribution in [-0.4, -0.2) is 30.4 Å². The van der Waals surface area contributed by atoms with Crippen molar-refractivity contribution in [3.63, 3.8) is 0 Å². The molecule has 104 valence electrons. The molecule has 3 nitrogen and oxygen atoms in total. The number of amides is 1. The van der Waals surface area contributed by atoms with Crippen molar-refractivity contribution < 1.29 is 4.79 Å². The van der Waals surface area contributed by atoms with Crippen molar-refractivity contribution in [3.8, 4) is 0 Å². The first-order valence-corrected chi connectivity index (χ1v) is 7.12. The molecule has 0 heterocycles. The first-order valence-electron chi connectivity index (χ1n) is 7.12. The Morgan fingerprint density at radius 1 is 1.42 bits per heavy atom. The minimum absolute atomic E-state index is 0.182. The summed E-state index contributed by atoms with van der Waals surface area (Å²) in [5.74, 6) is 0.698. The normalized spacial score (nSPS) is 14.6. The molecular weight excluding hydrogens is 236 g/mol. The molecule has 0 bridgehead atoms. The van der Waals surface area contributed by atoms with Crippen LogP contribution in [0.15, 0.2) is 18.2 Å². The summed E-state index contributed by atoms with van der Waals surface area (Å²) in [7, 11) is 1.90. The van der Waals surface area contributed by atoms with Gasteiger partial charge in [-0.1, -0.05) is 13.8 Å². The number of carbonyl (C=O) groups excluding carboxylic acids is 1. The molecule has 0 aromatic heterocycles. The van der Waals surface area contributed by atoms with Crippen molar-refractivity contribution in [2.24, 2.45) is 5.92 Å². The third-order valence-electron chi connectivity index (χ3n) is 3.55. The SMILES string of the molecule is CNc1ccc(C(=O)N(CC(C)C)C2CC2)cc1C. The predicted molar refractivity (Wildman–Crippen MR) is 79.6 cm³/mol. The quantitative estimate of drug-likeness (QED) is 0.881. The van der Waals surface area contributed by atoms with Crippen molar-refractivity contribution in [1.82, 2.24) is 4.90 Å². The summed E-state index contributed by atoms with van der Waals surface area (Å²) >= 11 is 0.